The van der Waals surface area contributed by atoms with Crippen LogP contribution in [-0.4, -0.2) is 36.9 Å². The maximum Gasteiger partial charge on any atom is 0.252 e. The molecule has 2 heterocycles. The van der Waals surface area contributed by atoms with E-state index in [4.69, 9.17) is 4.74 Å². The molecule has 1 aliphatic carbocycles. The molecule has 4 rings (SSSR count). The molecule has 5 nitrogen and oxygen atoms in total. The van der Waals surface area contributed by atoms with E-state index in [1.165, 1.54) is 17.8 Å². The van der Waals surface area contributed by atoms with Gasteiger partial charge < -0.3 is 10.1 Å². The summed E-state index contributed by atoms with van der Waals surface area (Å²) in [4.78, 5) is 17.8. The lowest BCUT2D eigenvalue weighted by atomic mass is 9.74. The van der Waals surface area contributed by atoms with E-state index in [9.17, 15) is 14.4 Å². The molecule has 2 fully saturated rings. The minimum absolute atomic E-state index is 0.284. The van der Waals surface area contributed by atoms with E-state index < -0.39 is 5.41 Å². The van der Waals surface area contributed by atoms with E-state index in [1.54, 1.807) is 18.2 Å². The molecule has 0 atom stereocenters. The predicted molar refractivity (Wildman–Crippen MR) is 113 cm³/mol. The number of hydrogen-bond acceptors (Lipinski definition) is 5. The smallest absolute Gasteiger partial charge is 0.252 e. The van der Waals surface area contributed by atoms with Gasteiger partial charge in [0.05, 0.1) is 11.1 Å². The van der Waals surface area contributed by atoms with Gasteiger partial charge in [-0.3, -0.25) is 4.79 Å². The van der Waals surface area contributed by atoms with Gasteiger partial charge in [-0.2, -0.15) is 5.26 Å². The minimum atomic E-state index is -0.391. The Labute approximate surface area is 180 Å². The summed E-state index contributed by atoms with van der Waals surface area (Å²) >= 11 is 1.38. The summed E-state index contributed by atoms with van der Waals surface area (Å²) in [6, 6.07) is 10.5. The Hall–Kier alpha value is -2.43. The summed E-state index contributed by atoms with van der Waals surface area (Å²) in [5.41, 5.74) is 2.05. The number of thioether (sulfide) groups is 1. The molecule has 1 N–H and O–H groups in total. The molecule has 7 heteroatoms. The second-order valence-electron chi connectivity index (χ2n) is 7.95. The van der Waals surface area contributed by atoms with E-state index in [-0.39, 0.29) is 11.7 Å². The fourth-order valence-electron chi connectivity index (χ4n) is 4.06. The van der Waals surface area contributed by atoms with Crippen LogP contribution in [0.2, 0.25) is 0 Å². The number of benzene rings is 1. The fourth-order valence-corrected chi connectivity index (χ4v) is 4.61. The monoisotopic (exact) mass is 425 g/mol. The van der Waals surface area contributed by atoms with Crippen LogP contribution in [-0.2, 0) is 10.2 Å². The minimum Gasteiger partial charge on any atom is -0.381 e. The summed E-state index contributed by atoms with van der Waals surface area (Å²) in [6.07, 6.45) is 5.39. The SMILES string of the molecule is CSc1nc(C2CC2)cc(C(=O)NCC2(c3cccc(F)c3)CCOCC2)c1C#N. The largest absolute Gasteiger partial charge is 0.381 e. The zero-order chi connectivity index (χ0) is 21.1. The molecular formula is C23H24FN3O2S. The molecule has 0 radical (unpaired) electrons. The van der Waals surface area contributed by atoms with Crippen LogP contribution in [0.15, 0.2) is 35.4 Å². The first kappa shape index (κ1) is 20.8. The maximum absolute atomic E-state index is 13.9. The van der Waals surface area contributed by atoms with Crippen molar-refractivity contribution < 1.29 is 13.9 Å². The normalized spacial score (nSPS) is 17.9. The lowest BCUT2D eigenvalue weighted by molar-refractivity contribution is 0.0486. The Morgan fingerprint density at radius 3 is 2.77 bits per heavy atom. The molecular weight excluding hydrogens is 401 g/mol. The molecule has 1 aromatic carbocycles. The summed E-state index contributed by atoms with van der Waals surface area (Å²) in [5.74, 6) is -0.193. The maximum atomic E-state index is 13.9. The van der Waals surface area contributed by atoms with E-state index in [2.05, 4.69) is 16.4 Å². The van der Waals surface area contributed by atoms with Gasteiger partial charge in [0.15, 0.2) is 0 Å². The van der Waals surface area contributed by atoms with E-state index in [0.29, 0.717) is 54.7 Å². The number of amides is 1. The van der Waals surface area contributed by atoms with Crippen molar-refractivity contribution in [3.63, 3.8) is 0 Å². The number of rotatable bonds is 6. The molecule has 2 aliphatic rings. The number of halogens is 1. The number of carbonyl (C=O) groups is 1. The number of aromatic nitrogens is 1. The summed E-state index contributed by atoms with van der Waals surface area (Å²) < 4.78 is 19.4. The van der Waals surface area contributed by atoms with Gasteiger partial charge in [-0.15, -0.1) is 11.8 Å². The lowest BCUT2D eigenvalue weighted by Crippen LogP contribution is -2.44. The van der Waals surface area contributed by atoms with Gasteiger partial charge >= 0.3 is 0 Å². The van der Waals surface area contributed by atoms with Gasteiger partial charge in [0.1, 0.15) is 16.9 Å². The quantitative estimate of drug-likeness (QED) is 0.703. The third-order valence-electron chi connectivity index (χ3n) is 6.03. The molecule has 0 unspecified atom stereocenters. The molecule has 2 aromatic rings. The number of nitrogens with one attached hydrogen (secondary N) is 1. The number of nitrogens with zero attached hydrogens (tertiary/aromatic N) is 2. The molecule has 1 aliphatic heterocycles. The Balaban J connectivity index is 1.61. The van der Waals surface area contributed by atoms with Gasteiger partial charge in [-0.1, -0.05) is 12.1 Å². The van der Waals surface area contributed by atoms with Gasteiger partial charge in [-0.05, 0) is 55.7 Å². The van der Waals surface area contributed by atoms with Crippen LogP contribution in [0.1, 0.15) is 58.8 Å². The number of ether oxygens (including phenoxy) is 1. The van der Waals surface area contributed by atoms with Crippen molar-refractivity contribution in [1.29, 1.82) is 5.26 Å². The van der Waals surface area contributed by atoms with Crippen LogP contribution < -0.4 is 5.32 Å². The lowest BCUT2D eigenvalue weighted by Gasteiger charge is -2.38. The van der Waals surface area contributed by atoms with Crippen molar-refractivity contribution in [3.8, 4) is 6.07 Å². The highest BCUT2D eigenvalue weighted by atomic mass is 32.2. The van der Waals surface area contributed by atoms with Gasteiger partial charge in [0.2, 0.25) is 0 Å². The molecule has 1 aromatic heterocycles. The third kappa shape index (κ3) is 4.21. The molecule has 156 valence electrons. The number of pyridine rings is 1. The Bertz CT molecular complexity index is 994. The summed E-state index contributed by atoms with van der Waals surface area (Å²) in [7, 11) is 0. The van der Waals surface area contributed by atoms with Crippen LogP contribution in [0.25, 0.3) is 0 Å². The summed E-state index contributed by atoms with van der Waals surface area (Å²) in [5, 5.41) is 13.3. The number of nitriles is 1. The zero-order valence-electron chi connectivity index (χ0n) is 16.9. The van der Waals surface area contributed by atoms with Crippen LogP contribution >= 0.6 is 11.8 Å². The molecule has 0 bridgehead atoms. The number of hydrogen-bond donors (Lipinski definition) is 1. The van der Waals surface area contributed by atoms with Crippen molar-refractivity contribution in [1.82, 2.24) is 10.3 Å². The van der Waals surface area contributed by atoms with Crippen molar-refractivity contribution in [2.45, 2.75) is 42.0 Å². The first-order valence-corrected chi connectivity index (χ1v) is 11.4. The first-order valence-electron chi connectivity index (χ1n) is 10.2. The van der Waals surface area contributed by atoms with Crippen molar-refractivity contribution in [3.05, 3.63) is 58.5 Å². The highest BCUT2D eigenvalue weighted by molar-refractivity contribution is 7.98. The number of carbonyl (C=O) groups excluding carboxylic acids is 1. The van der Waals surface area contributed by atoms with Gasteiger partial charge in [0.25, 0.3) is 5.91 Å². The Morgan fingerprint density at radius 2 is 2.13 bits per heavy atom. The summed E-state index contributed by atoms with van der Waals surface area (Å²) in [6.45, 7) is 1.49. The molecule has 1 saturated carbocycles. The van der Waals surface area contributed by atoms with Crippen LogP contribution in [0.4, 0.5) is 4.39 Å². The fraction of sp³-hybridized carbons (Fsp3) is 0.435. The zero-order valence-corrected chi connectivity index (χ0v) is 17.7. The highest BCUT2D eigenvalue weighted by Gasteiger charge is 2.36. The van der Waals surface area contributed by atoms with Crippen molar-refractivity contribution in [2.24, 2.45) is 0 Å². The molecule has 1 saturated heterocycles. The van der Waals surface area contributed by atoms with Crippen LogP contribution in [0.5, 0.6) is 0 Å². The van der Waals surface area contributed by atoms with E-state index in [1.807, 2.05) is 12.3 Å². The van der Waals surface area contributed by atoms with Crippen LogP contribution in [0, 0.1) is 17.1 Å². The average Bonchev–Trinajstić information content (AvgIpc) is 3.62. The van der Waals surface area contributed by atoms with Crippen molar-refractivity contribution >= 4 is 17.7 Å². The second kappa shape index (κ2) is 8.75. The average molecular weight is 426 g/mol. The highest BCUT2D eigenvalue weighted by Crippen LogP contribution is 2.41. The van der Waals surface area contributed by atoms with Gasteiger partial charge in [0, 0.05) is 36.8 Å². The first-order chi connectivity index (χ1) is 14.6. The standard InChI is InChI=1S/C23H24FN3O2S/c1-30-22-19(13-25)18(12-20(27-22)15-5-6-15)21(28)26-14-23(7-9-29-10-8-23)16-3-2-4-17(24)11-16/h2-4,11-12,15H,5-10,14H2,1H3,(H,26,28). The predicted octanol–water partition coefficient (Wildman–Crippen LogP) is 4.17. The second-order valence-corrected chi connectivity index (χ2v) is 8.75. The molecule has 0 spiro atoms. The Morgan fingerprint density at radius 1 is 1.37 bits per heavy atom. The Kier molecular flexibility index (Phi) is 6.07. The topological polar surface area (TPSA) is 75.0 Å². The van der Waals surface area contributed by atoms with Gasteiger partial charge in [-0.25, -0.2) is 9.37 Å². The van der Waals surface area contributed by atoms with Crippen molar-refractivity contribution in [2.75, 3.05) is 26.0 Å². The molecule has 1 amide bonds. The van der Waals surface area contributed by atoms with E-state index in [0.717, 1.165) is 24.1 Å². The van der Waals surface area contributed by atoms with Crippen LogP contribution in [0.3, 0.4) is 0 Å². The van der Waals surface area contributed by atoms with E-state index >= 15 is 0 Å². The third-order valence-corrected chi connectivity index (χ3v) is 6.71. The molecule has 30 heavy (non-hydrogen) atoms.